The third kappa shape index (κ3) is 1.32. The molecule has 1 aliphatic rings. The number of nitrogens with zero attached hydrogens (tertiary/aromatic N) is 1. The molecule has 0 aliphatic heterocycles. The van der Waals surface area contributed by atoms with E-state index in [4.69, 9.17) is 4.84 Å². The van der Waals surface area contributed by atoms with Crippen LogP contribution in [0.4, 0.5) is 0 Å². The Labute approximate surface area is 78.2 Å². The highest BCUT2D eigenvalue weighted by atomic mass is 16.6. The molecule has 0 radical (unpaired) electrons. The normalized spacial score (nSPS) is 20.5. The summed E-state index contributed by atoms with van der Waals surface area (Å²) in [6, 6.07) is 8.49. The highest BCUT2D eigenvalue weighted by Crippen LogP contribution is 2.35. The van der Waals surface area contributed by atoms with Crippen LogP contribution in [-0.4, -0.2) is 12.8 Å². The van der Waals surface area contributed by atoms with Crippen molar-refractivity contribution in [3.63, 3.8) is 0 Å². The molecule has 0 heterocycles. The third-order valence-corrected chi connectivity index (χ3v) is 2.59. The minimum atomic E-state index is 0.483. The molecule has 2 rings (SSSR count). The monoisotopic (exact) mass is 175 g/mol. The molecule has 13 heavy (non-hydrogen) atoms. The fourth-order valence-electron chi connectivity index (χ4n) is 1.84. The molecule has 0 bridgehead atoms. The maximum absolute atomic E-state index is 4.76. The Bertz CT molecular complexity index is 344. The summed E-state index contributed by atoms with van der Waals surface area (Å²) in [5, 5.41) is 3.96. The molecule has 1 aromatic carbocycles. The lowest BCUT2D eigenvalue weighted by atomic mass is 9.75. The van der Waals surface area contributed by atoms with Gasteiger partial charge in [-0.05, 0) is 24.5 Å². The molecule has 68 valence electrons. The predicted molar refractivity (Wildman–Crippen MR) is 53.0 cm³/mol. The third-order valence-electron chi connectivity index (χ3n) is 2.59. The molecule has 2 nitrogen and oxygen atoms in total. The molecule has 0 aromatic heterocycles. The molecule has 1 unspecified atom stereocenters. The molecular weight excluding hydrogens is 162 g/mol. The number of hydrogen-bond donors (Lipinski definition) is 0. The Morgan fingerprint density at radius 2 is 2.23 bits per heavy atom. The summed E-state index contributed by atoms with van der Waals surface area (Å²) in [4.78, 5) is 4.76. The summed E-state index contributed by atoms with van der Waals surface area (Å²) < 4.78 is 0. The molecule has 0 saturated carbocycles. The van der Waals surface area contributed by atoms with E-state index in [-0.39, 0.29) is 0 Å². The first-order valence-corrected chi connectivity index (χ1v) is 4.48. The second-order valence-corrected chi connectivity index (χ2v) is 3.37. The quantitative estimate of drug-likeness (QED) is 0.499. The SMILES string of the molecule is CON=C(C)C1Cc2ccccc21. The molecule has 2 heteroatoms. The Kier molecular flexibility index (Phi) is 2.05. The number of fused-ring (bicyclic) bond motifs is 1. The van der Waals surface area contributed by atoms with E-state index in [0.717, 1.165) is 12.1 Å². The minimum absolute atomic E-state index is 0.483. The molecule has 0 amide bonds. The van der Waals surface area contributed by atoms with Gasteiger partial charge in [0, 0.05) is 5.92 Å². The van der Waals surface area contributed by atoms with Crippen LogP contribution in [0.1, 0.15) is 24.0 Å². The van der Waals surface area contributed by atoms with Gasteiger partial charge in [-0.3, -0.25) is 0 Å². The van der Waals surface area contributed by atoms with Crippen LogP contribution >= 0.6 is 0 Å². The Morgan fingerprint density at radius 3 is 2.92 bits per heavy atom. The van der Waals surface area contributed by atoms with E-state index in [0.29, 0.717) is 5.92 Å². The van der Waals surface area contributed by atoms with Crippen LogP contribution in [0.3, 0.4) is 0 Å². The average Bonchev–Trinajstić information content (AvgIpc) is 2.07. The Morgan fingerprint density at radius 1 is 1.46 bits per heavy atom. The van der Waals surface area contributed by atoms with Gasteiger partial charge < -0.3 is 4.84 Å². The first kappa shape index (κ1) is 8.30. The highest BCUT2D eigenvalue weighted by Gasteiger charge is 2.27. The maximum Gasteiger partial charge on any atom is 0.106 e. The first-order valence-electron chi connectivity index (χ1n) is 4.48. The van der Waals surface area contributed by atoms with Crippen LogP contribution in [-0.2, 0) is 11.3 Å². The van der Waals surface area contributed by atoms with Crippen LogP contribution < -0.4 is 0 Å². The van der Waals surface area contributed by atoms with Crippen molar-refractivity contribution in [2.75, 3.05) is 7.11 Å². The van der Waals surface area contributed by atoms with E-state index in [9.17, 15) is 0 Å². The van der Waals surface area contributed by atoms with Gasteiger partial charge in [0.25, 0.3) is 0 Å². The van der Waals surface area contributed by atoms with Crippen LogP contribution in [0.25, 0.3) is 0 Å². The van der Waals surface area contributed by atoms with Gasteiger partial charge in [0.2, 0.25) is 0 Å². The van der Waals surface area contributed by atoms with E-state index in [1.807, 2.05) is 6.92 Å². The van der Waals surface area contributed by atoms with Gasteiger partial charge in [0.05, 0.1) is 5.71 Å². The van der Waals surface area contributed by atoms with Crippen LogP contribution in [0.15, 0.2) is 29.4 Å². The first-order chi connectivity index (χ1) is 6.33. The largest absolute Gasteiger partial charge is 0.399 e. The molecule has 1 atom stereocenters. The van der Waals surface area contributed by atoms with Gasteiger partial charge >= 0.3 is 0 Å². The summed E-state index contributed by atoms with van der Waals surface area (Å²) in [5.74, 6) is 0.483. The molecule has 0 fully saturated rings. The Balaban J connectivity index is 2.22. The van der Waals surface area contributed by atoms with Crippen molar-refractivity contribution in [2.45, 2.75) is 19.3 Å². The average molecular weight is 175 g/mol. The van der Waals surface area contributed by atoms with Crippen molar-refractivity contribution in [2.24, 2.45) is 5.16 Å². The van der Waals surface area contributed by atoms with Crippen molar-refractivity contribution >= 4 is 5.71 Å². The van der Waals surface area contributed by atoms with E-state index >= 15 is 0 Å². The fourth-order valence-corrected chi connectivity index (χ4v) is 1.84. The number of benzene rings is 1. The van der Waals surface area contributed by atoms with E-state index in [1.54, 1.807) is 7.11 Å². The zero-order chi connectivity index (χ0) is 9.26. The summed E-state index contributed by atoms with van der Waals surface area (Å²) in [6.07, 6.45) is 1.11. The van der Waals surface area contributed by atoms with Crippen LogP contribution in [0.5, 0.6) is 0 Å². The number of hydrogen-bond acceptors (Lipinski definition) is 2. The van der Waals surface area contributed by atoms with Crippen molar-refractivity contribution in [3.05, 3.63) is 35.4 Å². The summed E-state index contributed by atoms with van der Waals surface area (Å²) >= 11 is 0. The van der Waals surface area contributed by atoms with Gasteiger partial charge in [0.15, 0.2) is 0 Å². The summed E-state index contributed by atoms with van der Waals surface area (Å²) in [6.45, 7) is 2.02. The van der Waals surface area contributed by atoms with E-state index in [1.165, 1.54) is 11.1 Å². The second kappa shape index (κ2) is 3.21. The van der Waals surface area contributed by atoms with Crippen molar-refractivity contribution in [1.29, 1.82) is 0 Å². The lowest BCUT2D eigenvalue weighted by Crippen LogP contribution is -2.23. The summed E-state index contributed by atoms with van der Waals surface area (Å²) in [5.41, 5.74) is 3.92. The van der Waals surface area contributed by atoms with Gasteiger partial charge in [0.1, 0.15) is 7.11 Å². The molecule has 1 aromatic rings. The summed E-state index contributed by atoms with van der Waals surface area (Å²) in [7, 11) is 1.59. The lowest BCUT2D eigenvalue weighted by molar-refractivity contribution is 0.211. The van der Waals surface area contributed by atoms with E-state index < -0.39 is 0 Å². The molecular formula is C11H13NO. The van der Waals surface area contributed by atoms with Gasteiger partial charge in [-0.25, -0.2) is 0 Å². The van der Waals surface area contributed by atoms with Crippen LogP contribution in [0, 0.1) is 0 Å². The molecule has 0 spiro atoms. The smallest absolute Gasteiger partial charge is 0.106 e. The highest BCUT2D eigenvalue weighted by molar-refractivity contribution is 5.91. The Hall–Kier alpha value is -1.31. The lowest BCUT2D eigenvalue weighted by Gasteiger charge is -2.29. The number of rotatable bonds is 2. The van der Waals surface area contributed by atoms with Crippen molar-refractivity contribution < 1.29 is 4.84 Å². The predicted octanol–water partition coefficient (Wildman–Crippen LogP) is 2.35. The van der Waals surface area contributed by atoms with Gasteiger partial charge in [-0.15, -0.1) is 0 Å². The van der Waals surface area contributed by atoms with Crippen LogP contribution in [0.2, 0.25) is 0 Å². The standard InChI is InChI=1S/C11H13NO/c1-8(12-13-2)11-7-9-5-3-4-6-10(9)11/h3-6,11H,7H2,1-2H3. The molecule has 1 aliphatic carbocycles. The number of oxime groups is 1. The maximum atomic E-state index is 4.76. The molecule has 0 saturated heterocycles. The molecule has 0 N–H and O–H groups in total. The topological polar surface area (TPSA) is 21.6 Å². The zero-order valence-electron chi connectivity index (χ0n) is 7.95. The fraction of sp³-hybridized carbons (Fsp3) is 0.364. The van der Waals surface area contributed by atoms with Gasteiger partial charge in [-0.1, -0.05) is 29.4 Å². The van der Waals surface area contributed by atoms with Crippen molar-refractivity contribution in [1.82, 2.24) is 0 Å². The minimum Gasteiger partial charge on any atom is -0.399 e. The second-order valence-electron chi connectivity index (χ2n) is 3.37. The van der Waals surface area contributed by atoms with Gasteiger partial charge in [-0.2, -0.15) is 0 Å². The van der Waals surface area contributed by atoms with Crippen molar-refractivity contribution in [3.8, 4) is 0 Å². The van der Waals surface area contributed by atoms with E-state index in [2.05, 4.69) is 29.4 Å². The zero-order valence-corrected chi connectivity index (χ0v) is 7.95.